The summed E-state index contributed by atoms with van der Waals surface area (Å²) in [4.78, 5) is 17.3. The number of likely N-dealkylation sites (N-methyl/N-ethyl adjacent to an activating group) is 1. The van der Waals surface area contributed by atoms with Crippen molar-refractivity contribution in [1.29, 1.82) is 0 Å². The van der Waals surface area contributed by atoms with Gasteiger partial charge in [0.25, 0.3) is 5.91 Å². The van der Waals surface area contributed by atoms with Gasteiger partial charge in [0.15, 0.2) is 0 Å². The number of piperidine rings is 2. The van der Waals surface area contributed by atoms with Crippen LogP contribution >= 0.6 is 0 Å². The number of benzene rings is 1. The van der Waals surface area contributed by atoms with Gasteiger partial charge in [0.2, 0.25) is 0 Å². The number of carbonyl (C=O) groups is 1. The zero-order valence-electron chi connectivity index (χ0n) is 14.3. The van der Waals surface area contributed by atoms with Crippen molar-refractivity contribution in [2.45, 2.75) is 31.7 Å². The van der Waals surface area contributed by atoms with Crippen molar-refractivity contribution in [3.63, 3.8) is 0 Å². The molecule has 3 aliphatic heterocycles. The van der Waals surface area contributed by atoms with Crippen molar-refractivity contribution >= 4 is 5.91 Å². The Labute approximate surface area is 143 Å². The lowest BCUT2D eigenvalue weighted by Crippen LogP contribution is -2.62. The minimum Gasteiger partial charge on any atom is -0.493 e. The molecule has 4 rings (SSSR count). The van der Waals surface area contributed by atoms with Crippen molar-refractivity contribution in [2.24, 2.45) is 5.41 Å². The Kier molecular flexibility index (Phi) is 4.01. The molecule has 1 N–H and O–H groups in total. The third-order valence-corrected chi connectivity index (χ3v) is 6.24. The lowest BCUT2D eigenvalue weighted by Gasteiger charge is -2.53. The molecular formula is C19H26N2O3. The molecule has 130 valence electrons. The molecule has 5 nitrogen and oxygen atoms in total. The molecule has 2 fully saturated rings. The van der Waals surface area contributed by atoms with E-state index in [1.807, 2.05) is 23.1 Å². The smallest absolute Gasteiger partial charge is 0.253 e. The molecule has 0 radical (unpaired) electrons. The number of amides is 1. The highest BCUT2D eigenvalue weighted by Gasteiger charge is 2.47. The third-order valence-electron chi connectivity index (χ3n) is 6.24. The van der Waals surface area contributed by atoms with Crippen LogP contribution in [-0.2, 0) is 6.42 Å². The van der Waals surface area contributed by atoms with Gasteiger partial charge in [-0.3, -0.25) is 4.79 Å². The van der Waals surface area contributed by atoms with Crippen molar-refractivity contribution < 1.29 is 14.6 Å². The topological polar surface area (TPSA) is 53.0 Å². The maximum atomic E-state index is 13.0. The zero-order valence-corrected chi connectivity index (χ0v) is 14.3. The number of hydrogen-bond donors (Lipinski definition) is 1. The fourth-order valence-electron chi connectivity index (χ4n) is 4.70. The van der Waals surface area contributed by atoms with Crippen LogP contribution in [0.25, 0.3) is 0 Å². The molecule has 0 unspecified atom stereocenters. The second-order valence-electron chi connectivity index (χ2n) is 7.54. The summed E-state index contributed by atoms with van der Waals surface area (Å²) in [6, 6.07) is 6.05. The van der Waals surface area contributed by atoms with Crippen LogP contribution in [0.2, 0.25) is 0 Å². The van der Waals surface area contributed by atoms with Crippen LogP contribution in [0.3, 0.4) is 0 Å². The summed E-state index contributed by atoms with van der Waals surface area (Å²) in [6.07, 6.45) is 3.97. The molecule has 1 aromatic rings. The van der Waals surface area contributed by atoms with E-state index >= 15 is 0 Å². The highest BCUT2D eigenvalue weighted by Crippen LogP contribution is 2.41. The van der Waals surface area contributed by atoms with E-state index in [-0.39, 0.29) is 24.0 Å². The molecule has 1 aromatic carbocycles. The van der Waals surface area contributed by atoms with E-state index in [2.05, 4.69) is 11.9 Å². The predicted octanol–water partition coefficient (Wildman–Crippen LogP) is 1.54. The molecule has 0 aliphatic carbocycles. The summed E-state index contributed by atoms with van der Waals surface area (Å²) in [7, 11) is 2.12. The van der Waals surface area contributed by atoms with Crippen LogP contribution in [-0.4, -0.2) is 66.8 Å². The van der Waals surface area contributed by atoms with Crippen molar-refractivity contribution in [1.82, 2.24) is 9.80 Å². The number of aliphatic hydroxyl groups is 1. The number of rotatable bonds is 2. The van der Waals surface area contributed by atoms with E-state index in [0.717, 1.165) is 55.6 Å². The molecular weight excluding hydrogens is 304 g/mol. The molecule has 0 saturated carbocycles. The molecule has 0 aromatic heterocycles. The van der Waals surface area contributed by atoms with Crippen molar-refractivity contribution in [3.05, 3.63) is 29.3 Å². The summed E-state index contributed by atoms with van der Waals surface area (Å²) < 4.78 is 5.53. The van der Waals surface area contributed by atoms with Gasteiger partial charge in [0, 0.05) is 36.5 Å². The van der Waals surface area contributed by atoms with Crippen LogP contribution < -0.4 is 4.74 Å². The first-order valence-corrected chi connectivity index (χ1v) is 8.99. The third kappa shape index (κ3) is 2.50. The van der Waals surface area contributed by atoms with Gasteiger partial charge in [-0.2, -0.15) is 0 Å². The molecule has 5 heteroatoms. The van der Waals surface area contributed by atoms with E-state index in [0.29, 0.717) is 13.2 Å². The number of nitrogens with zero attached hydrogens (tertiary/aromatic N) is 2. The van der Waals surface area contributed by atoms with Crippen LogP contribution in [0.4, 0.5) is 0 Å². The van der Waals surface area contributed by atoms with Gasteiger partial charge in [0.05, 0.1) is 13.2 Å². The van der Waals surface area contributed by atoms with Gasteiger partial charge in [-0.1, -0.05) is 0 Å². The first kappa shape index (κ1) is 15.9. The number of carbonyl (C=O) groups excluding carboxylic acids is 1. The van der Waals surface area contributed by atoms with Gasteiger partial charge >= 0.3 is 0 Å². The highest BCUT2D eigenvalue weighted by atomic mass is 16.5. The van der Waals surface area contributed by atoms with Crippen molar-refractivity contribution in [3.8, 4) is 5.75 Å². The Balaban J connectivity index is 1.54. The molecule has 24 heavy (non-hydrogen) atoms. The Morgan fingerprint density at radius 2 is 2.25 bits per heavy atom. The largest absolute Gasteiger partial charge is 0.493 e. The van der Waals surface area contributed by atoms with Crippen LogP contribution in [0.15, 0.2) is 18.2 Å². The molecule has 1 amide bonds. The predicted molar refractivity (Wildman–Crippen MR) is 91.3 cm³/mol. The maximum absolute atomic E-state index is 13.0. The van der Waals surface area contributed by atoms with Gasteiger partial charge in [-0.25, -0.2) is 0 Å². The summed E-state index contributed by atoms with van der Waals surface area (Å²) in [5.74, 6) is 1.02. The first-order valence-electron chi connectivity index (χ1n) is 8.99. The van der Waals surface area contributed by atoms with Gasteiger partial charge in [0.1, 0.15) is 5.75 Å². The first-order chi connectivity index (χ1) is 11.6. The van der Waals surface area contributed by atoms with Crippen molar-refractivity contribution in [2.75, 3.05) is 39.9 Å². The fourth-order valence-corrected chi connectivity index (χ4v) is 4.70. The summed E-state index contributed by atoms with van der Waals surface area (Å²) in [5, 5.41) is 10.00. The second-order valence-corrected chi connectivity index (χ2v) is 7.54. The molecule has 0 spiro atoms. The maximum Gasteiger partial charge on any atom is 0.253 e. The lowest BCUT2D eigenvalue weighted by molar-refractivity contribution is -0.0601. The summed E-state index contributed by atoms with van der Waals surface area (Å²) >= 11 is 0. The fraction of sp³-hybridized carbons (Fsp3) is 0.632. The van der Waals surface area contributed by atoms with Gasteiger partial charge in [-0.05, 0) is 56.6 Å². The number of likely N-dealkylation sites (tertiary alicyclic amines) is 2. The summed E-state index contributed by atoms with van der Waals surface area (Å²) in [6.45, 7) is 3.42. The molecule has 3 aliphatic rings. The van der Waals surface area contributed by atoms with E-state index in [1.54, 1.807) is 0 Å². The SMILES string of the molecule is CN1CCC[C@]2(CO)CCN(C(=O)c3ccc4c(c3)CCO4)C[C@@H]12. The number of aliphatic hydroxyl groups excluding tert-OH is 1. The molecule has 0 bridgehead atoms. The highest BCUT2D eigenvalue weighted by molar-refractivity contribution is 5.94. The average Bonchev–Trinajstić information content (AvgIpc) is 3.09. The Morgan fingerprint density at radius 3 is 3.08 bits per heavy atom. The second kappa shape index (κ2) is 6.05. The minimum absolute atomic E-state index is 0.0322. The molecule has 2 atom stereocenters. The van der Waals surface area contributed by atoms with Gasteiger partial charge < -0.3 is 19.6 Å². The Bertz CT molecular complexity index is 647. The molecule has 2 saturated heterocycles. The normalized spacial score (nSPS) is 29.8. The monoisotopic (exact) mass is 330 g/mol. The minimum atomic E-state index is -0.0322. The van der Waals surface area contributed by atoms with Gasteiger partial charge in [-0.15, -0.1) is 0 Å². The quantitative estimate of drug-likeness (QED) is 0.894. The van der Waals surface area contributed by atoms with Crippen LogP contribution in [0, 0.1) is 5.41 Å². The number of hydrogen-bond acceptors (Lipinski definition) is 4. The standard InChI is InChI=1S/C19H26N2O3/c1-20-8-2-6-19(13-22)7-9-21(12-17(19)20)18(23)15-3-4-16-14(11-15)5-10-24-16/h3-4,11,17,22H,2,5-10,12-13H2,1H3/t17-,19-/m1/s1. The Morgan fingerprint density at radius 1 is 1.38 bits per heavy atom. The molecule has 3 heterocycles. The van der Waals surface area contributed by atoms with Crippen LogP contribution in [0.1, 0.15) is 35.2 Å². The number of ether oxygens (including phenoxy) is 1. The van der Waals surface area contributed by atoms with E-state index < -0.39 is 0 Å². The summed E-state index contributed by atoms with van der Waals surface area (Å²) in [5.41, 5.74) is 1.86. The van der Waals surface area contributed by atoms with E-state index in [9.17, 15) is 9.90 Å². The lowest BCUT2D eigenvalue weighted by atomic mass is 9.69. The number of fused-ring (bicyclic) bond motifs is 2. The average molecular weight is 330 g/mol. The van der Waals surface area contributed by atoms with E-state index in [4.69, 9.17) is 4.74 Å². The van der Waals surface area contributed by atoms with Crippen LogP contribution in [0.5, 0.6) is 5.75 Å². The van der Waals surface area contributed by atoms with E-state index in [1.165, 1.54) is 0 Å². The Hall–Kier alpha value is -1.59. The zero-order chi connectivity index (χ0) is 16.7.